The van der Waals surface area contributed by atoms with Crippen molar-refractivity contribution in [2.24, 2.45) is 0 Å². The lowest BCUT2D eigenvalue weighted by Crippen LogP contribution is -2.29. The highest BCUT2D eigenvalue weighted by Gasteiger charge is 2.29. The number of halogens is 1. The molecule has 0 saturated heterocycles. The van der Waals surface area contributed by atoms with Gasteiger partial charge in [-0.05, 0) is 13.0 Å². The van der Waals surface area contributed by atoms with Gasteiger partial charge in [-0.1, -0.05) is 29.8 Å². The van der Waals surface area contributed by atoms with Gasteiger partial charge in [0.15, 0.2) is 6.29 Å². The molecule has 0 fully saturated rings. The molecule has 90 valence electrons. The number of rotatable bonds is 5. The van der Waals surface area contributed by atoms with Gasteiger partial charge in [-0.15, -0.1) is 0 Å². The zero-order valence-corrected chi connectivity index (χ0v) is 10.5. The van der Waals surface area contributed by atoms with Crippen molar-refractivity contribution < 1.29 is 14.6 Å². The lowest BCUT2D eigenvalue weighted by molar-refractivity contribution is -0.142. The Labute approximate surface area is 101 Å². The van der Waals surface area contributed by atoms with E-state index in [-0.39, 0.29) is 0 Å². The molecule has 0 aliphatic rings. The van der Waals surface area contributed by atoms with Gasteiger partial charge in [0.2, 0.25) is 0 Å². The maximum Gasteiger partial charge on any atom is 0.159 e. The summed E-state index contributed by atoms with van der Waals surface area (Å²) in [5.74, 6) is 0. The van der Waals surface area contributed by atoms with Gasteiger partial charge >= 0.3 is 0 Å². The van der Waals surface area contributed by atoms with Crippen LogP contribution in [0.25, 0.3) is 0 Å². The fourth-order valence-electron chi connectivity index (χ4n) is 1.60. The molecular formula is C12H17ClO3. The van der Waals surface area contributed by atoms with E-state index in [1.165, 1.54) is 14.2 Å². The van der Waals surface area contributed by atoms with Crippen LogP contribution in [-0.4, -0.2) is 25.6 Å². The third-order valence-corrected chi connectivity index (χ3v) is 2.87. The summed E-state index contributed by atoms with van der Waals surface area (Å²) in [4.78, 5) is 0. The predicted octanol–water partition coefficient (Wildman–Crippen LogP) is 2.56. The Morgan fingerprint density at radius 1 is 1.31 bits per heavy atom. The van der Waals surface area contributed by atoms with E-state index in [2.05, 4.69) is 0 Å². The Morgan fingerprint density at radius 3 is 2.38 bits per heavy atom. The average Bonchev–Trinajstić information content (AvgIpc) is 2.26. The van der Waals surface area contributed by atoms with Crippen LogP contribution in [-0.2, 0) is 15.1 Å². The molecule has 0 spiro atoms. The molecule has 1 rings (SSSR count). The number of hydrogen-bond acceptors (Lipinski definition) is 3. The Morgan fingerprint density at radius 2 is 1.88 bits per heavy atom. The van der Waals surface area contributed by atoms with Crippen LogP contribution in [0.3, 0.4) is 0 Å². The summed E-state index contributed by atoms with van der Waals surface area (Å²) in [7, 11) is 3.08. The summed E-state index contributed by atoms with van der Waals surface area (Å²) in [5.41, 5.74) is -0.398. The molecule has 1 atom stereocenters. The van der Waals surface area contributed by atoms with Crippen LogP contribution in [0.1, 0.15) is 18.9 Å². The molecule has 0 aromatic heterocycles. The van der Waals surface area contributed by atoms with Gasteiger partial charge in [-0.2, -0.15) is 0 Å². The van der Waals surface area contributed by atoms with Crippen LogP contribution in [0.4, 0.5) is 0 Å². The molecule has 1 aromatic carbocycles. The molecule has 3 nitrogen and oxygen atoms in total. The molecule has 1 N–H and O–H groups in total. The summed E-state index contributed by atoms with van der Waals surface area (Å²) in [6.45, 7) is 1.69. The van der Waals surface area contributed by atoms with Crippen molar-refractivity contribution in [2.45, 2.75) is 25.2 Å². The maximum absolute atomic E-state index is 10.4. The molecule has 1 unspecified atom stereocenters. The molecule has 0 aliphatic carbocycles. The first kappa shape index (κ1) is 13.5. The first-order chi connectivity index (χ1) is 7.51. The Balaban J connectivity index is 2.89. The normalized spacial score (nSPS) is 15.1. The summed E-state index contributed by atoms with van der Waals surface area (Å²) >= 11 is 6.04. The maximum atomic E-state index is 10.4. The third kappa shape index (κ3) is 3.19. The van der Waals surface area contributed by atoms with Gasteiger partial charge in [0.25, 0.3) is 0 Å². The Bertz CT molecular complexity index is 335. The van der Waals surface area contributed by atoms with Crippen LogP contribution in [0, 0.1) is 0 Å². The van der Waals surface area contributed by atoms with Crippen molar-refractivity contribution in [1.29, 1.82) is 0 Å². The number of benzene rings is 1. The second-order valence-corrected chi connectivity index (χ2v) is 4.27. The highest BCUT2D eigenvalue weighted by atomic mass is 35.5. The van der Waals surface area contributed by atoms with E-state index in [1.54, 1.807) is 19.1 Å². The molecule has 16 heavy (non-hydrogen) atoms. The number of methoxy groups -OCH3 is 2. The number of ether oxygens (including phenoxy) is 2. The zero-order valence-electron chi connectivity index (χ0n) is 9.74. The van der Waals surface area contributed by atoms with Crippen molar-refractivity contribution >= 4 is 11.6 Å². The van der Waals surface area contributed by atoms with Gasteiger partial charge in [0.1, 0.15) is 0 Å². The van der Waals surface area contributed by atoms with Crippen molar-refractivity contribution in [3.05, 3.63) is 34.9 Å². The van der Waals surface area contributed by atoms with Crippen LogP contribution >= 0.6 is 11.6 Å². The van der Waals surface area contributed by atoms with E-state index in [4.69, 9.17) is 21.1 Å². The van der Waals surface area contributed by atoms with Gasteiger partial charge in [0, 0.05) is 31.2 Å². The minimum absolute atomic E-state index is 0.323. The molecule has 0 bridgehead atoms. The first-order valence-electron chi connectivity index (χ1n) is 5.04. The fourth-order valence-corrected chi connectivity index (χ4v) is 1.93. The zero-order chi connectivity index (χ0) is 12.2. The highest BCUT2D eigenvalue weighted by Crippen LogP contribution is 2.32. The lowest BCUT2D eigenvalue weighted by atomic mass is 9.92. The van der Waals surface area contributed by atoms with Crippen LogP contribution in [0.15, 0.2) is 24.3 Å². The summed E-state index contributed by atoms with van der Waals surface area (Å²) < 4.78 is 10.1. The topological polar surface area (TPSA) is 38.7 Å². The van der Waals surface area contributed by atoms with E-state index < -0.39 is 11.9 Å². The molecule has 0 aliphatic heterocycles. The summed E-state index contributed by atoms with van der Waals surface area (Å²) in [6, 6.07) is 7.21. The van der Waals surface area contributed by atoms with E-state index in [0.717, 1.165) is 0 Å². The van der Waals surface area contributed by atoms with Crippen molar-refractivity contribution in [1.82, 2.24) is 0 Å². The number of aliphatic hydroxyl groups is 1. The van der Waals surface area contributed by atoms with Crippen molar-refractivity contribution in [2.75, 3.05) is 14.2 Å². The largest absolute Gasteiger partial charge is 0.385 e. The van der Waals surface area contributed by atoms with Crippen LogP contribution in [0.2, 0.25) is 5.02 Å². The quantitative estimate of drug-likeness (QED) is 0.809. The second kappa shape index (κ2) is 5.64. The predicted molar refractivity (Wildman–Crippen MR) is 63.4 cm³/mol. The minimum Gasteiger partial charge on any atom is -0.385 e. The van der Waals surface area contributed by atoms with E-state index >= 15 is 0 Å². The van der Waals surface area contributed by atoms with Crippen LogP contribution < -0.4 is 0 Å². The molecule has 0 heterocycles. The molecule has 4 heteroatoms. The fraction of sp³-hybridized carbons (Fsp3) is 0.500. The van der Waals surface area contributed by atoms with Gasteiger partial charge in [-0.25, -0.2) is 0 Å². The van der Waals surface area contributed by atoms with Crippen LogP contribution in [0.5, 0.6) is 0 Å². The highest BCUT2D eigenvalue weighted by molar-refractivity contribution is 6.31. The van der Waals surface area contributed by atoms with Gasteiger partial charge < -0.3 is 14.6 Å². The average molecular weight is 245 g/mol. The standard InChI is InChI=1S/C12H17ClO3/c1-12(14,8-11(15-2)16-3)9-6-4-5-7-10(9)13/h4-7,11,14H,8H2,1-3H3. The molecule has 0 amide bonds. The van der Waals surface area contributed by atoms with Gasteiger partial charge in [0.05, 0.1) is 5.60 Å². The summed E-state index contributed by atoms with van der Waals surface area (Å²) in [6.07, 6.45) is -0.129. The Hall–Kier alpha value is -0.610. The van der Waals surface area contributed by atoms with E-state index in [1.807, 2.05) is 12.1 Å². The molecule has 1 aromatic rings. The Kier molecular flexibility index (Phi) is 4.74. The van der Waals surface area contributed by atoms with Crippen molar-refractivity contribution in [3.8, 4) is 0 Å². The van der Waals surface area contributed by atoms with E-state index in [9.17, 15) is 5.11 Å². The molecule has 0 radical (unpaired) electrons. The first-order valence-corrected chi connectivity index (χ1v) is 5.42. The van der Waals surface area contributed by atoms with Gasteiger partial charge in [-0.3, -0.25) is 0 Å². The SMILES string of the molecule is COC(CC(C)(O)c1ccccc1Cl)OC. The lowest BCUT2D eigenvalue weighted by Gasteiger charge is -2.28. The monoisotopic (exact) mass is 244 g/mol. The van der Waals surface area contributed by atoms with Crippen molar-refractivity contribution in [3.63, 3.8) is 0 Å². The number of hydrogen-bond donors (Lipinski definition) is 1. The van der Waals surface area contributed by atoms with E-state index in [0.29, 0.717) is 17.0 Å². The summed E-state index contributed by atoms with van der Waals surface area (Å²) in [5, 5.41) is 10.9. The minimum atomic E-state index is -1.07. The third-order valence-electron chi connectivity index (χ3n) is 2.54. The molecule has 0 saturated carbocycles. The smallest absolute Gasteiger partial charge is 0.159 e. The molecular weight excluding hydrogens is 228 g/mol. The second-order valence-electron chi connectivity index (χ2n) is 3.86.